The molecule has 0 spiro atoms. The molecule has 0 saturated heterocycles. The average molecular weight is 349 g/mol. The molecule has 1 aromatic carbocycles. The Hall–Kier alpha value is -1.49. The largest absolute Gasteiger partial charge is 0.390 e. The van der Waals surface area contributed by atoms with Crippen LogP contribution in [0.1, 0.15) is 63.5 Å². The van der Waals surface area contributed by atoms with Gasteiger partial charge in [-0.1, -0.05) is 6.07 Å². The van der Waals surface area contributed by atoms with Crippen molar-refractivity contribution in [2.45, 2.75) is 63.5 Å². The third-order valence-corrected chi connectivity index (χ3v) is 6.51. The van der Waals surface area contributed by atoms with Crippen molar-refractivity contribution in [1.82, 2.24) is 5.32 Å². The van der Waals surface area contributed by atoms with Crippen molar-refractivity contribution in [1.29, 1.82) is 0 Å². The third kappa shape index (κ3) is 3.19. The van der Waals surface area contributed by atoms with Gasteiger partial charge in [0.15, 0.2) is 11.6 Å². The lowest BCUT2D eigenvalue weighted by molar-refractivity contribution is -0.169. The first-order chi connectivity index (χ1) is 11.8. The highest BCUT2D eigenvalue weighted by atomic mass is 19.2. The topological polar surface area (TPSA) is 49.3 Å². The van der Waals surface area contributed by atoms with Gasteiger partial charge in [0.2, 0.25) is 5.91 Å². The van der Waals surface area contributed by atoms with Gasteiger partial charge in [0.1, 0.15) is 0 Å². The molecular formula is C20H25F2NO2. The molecule has 0 radical (unpaired) electrons. The van der Waals surface area contributed by atoms with Crippen LogP contribution < -0.4 is 5.32 Å². The van der Waals surface area contributed by atoms with E-state index < -0.39 is 17.2 Å². The monoisotopic (exact) mass is 349 g/mol. The van der Waals surface area contributed by atoms with E-state index in [1.807, 2.05) is 0 Å². The van der Waals surface area contributed by atoms with E-state index >= 15 is 0 Å². The van der Waals surface area contributed by atoms with Gasteiger partial charge in [-0.05, 0) is 80.4 Å². The second-order valence-electron chi connectivity index (χ2n) is 8.82. The van der Waals surface area contributed by atoms with Crippen molar-refractivity contribution in [3.63, 3.8) is 0 Å². The van der Waals surface area contributed by atoms with E-state index in [4.69, 9.17) is 0 Å². The quantitative estimate of drug-likeness (QED) is 0.867. The fraction of sp³-hybridized carbons (Fsp3) is 0.650. The van der Waals surface area contributed by atoms with Crippen LogP contribution >= 0.6 is 0 Å². The van der Waals surface area contributed by atoms with Crippen LogP contribution in [0.2, 0.25) is 0 Å². The van der Waals surface area contributed by atoms with E-state index in [1.54, 1.807) is 6.92 Å². The minimum atomic E-state index is -0.901. The first-order valence-electron chi connectivity index (χ1n) is 9.23. The zero-order chi connectivity index (χ0) is 17.8. The Balaban J connectivity index is 1.43. The summed E-state index contributed by atoms with van der Waals surface area (Å²) in [5, 5.41) is 13.7. The number of nitrogens with one attached hydrogen (secondary N) is 1. The number of hydrogen-bond acceptors (Lipinski definition) is 2. The molecule has 3 nitrogen and oxygen atoms in total. The number of carbonyl (C=O) groups is 1. The predicted molar refractivity (Wildman–Crippen MR) is 89.6 cm³/mol. The van der Waals surface area contributed by atoms with E-state index in [0.717, 1.165) is 44.2 Å². The molecule has 4 aliphatic rings. The minimum Gasteiger partial charge on any atom is -0.390 e. The van der Waals surface area contributed by atoms with Crippen LogP contribution in [0.5, 0.6) is 0 Å². The van der Waals surface area contributed by atoms with Gasteiger partial charge < -0.3 is 10.4 Å². The molecule has 1 amide bonds. The van der Waals surface area contributed by atoms with Gasteiger partial charge in [-0.25, -0.2) is 8.78 Å². The summed E-state index contributed by atoms with van der Waals surface area (Å²) in [5.41, 5.74) is -0.108. The Morgan fingerprint density at radius 1 is 1.24 bits per heavy atom. The fourth-order valence-electron chi connectivity index (χ4n) is 6.11. The second-order valence-corrected chi connectivity index (χ2v) is 8.82. The van der Waals surface area contributed by atoms with Crippen LogP contribution in [0.15, 0.2) is 18.2 Å². The molecule has 4 fully saturated rings. The normalized spacial score (nSPS) is 37.1. The van der Waals surface area contributed by atoms with Crippen LogP contribution in [0, 0.1) is 28.9 Å². The van der Waals surface area contributed by atoms with E-state index in [9.17, 15) is 18.7 Å². The summed E-state index contributed by atoms with van der Waals surface area (Å²) in [4.78, 5) is 12.6. The summed E-state index contributed by atoms with van der Waals surface area (Å²) in [5.74, 6) is -0.765. The lowest BCUT2D eigenvalue weighted by atomic mass is 9.47. The highest BCUT2D eigenvalue weighted by Gasteiger charge is 2.57. The Labute approximate surface area is 146 Å². The molecular weight excluding hydrogens is 324 g/mol. The molecule has 4 saturated carbocycles. The lowest BCUT2D eigenvalue weighted by Gasteiger charge is -2.60. The summed E-state index contributed by atoms with van der Waals surface area (Å²) < 4.78 is 26.5. The summed E-state index contributed by atoms with van der Waals surface area (Å²) >= 11 is 0. The molecule has 4 aliphatic carbocycles. The molecule has 5 heteroatoms. The van der Waals surface area contributed by atoms with Crippen LogP contribution in [0.25, 0.3) is 0 Å². The van der Waals surface area contributed by atoms with Crippen LogP contribution in [0.4, 0.5) is 8.78 Å². The highest BCUT2D eigenvalue weighted by molar-refractivity contribution is 5.77. The molecule has 136 valence electrons. The standard InChI is InChI=1S/C20H25F2NO2/c1-12(15-2-3-16(21)17(22)5-15)23-18(24)10-19-6-13-4-14(7-19)9-20(25,8-13)11-19/h2-3,5,12-14,25H,4,6-11H2,1H3,(H,23,24)/t12-,13-,14-,19?,20?/m1/s1. The Kier molecular flexibility index (Phi) is 3.91. The van der Waals surface area contributed by atoms with Gasteiger partial charge in [0, 0.05) is 6.42 Å². The van der Waals surface area contributed by atoms with Crippen molar-refractivity contribution in [3.8, 4) is 0 Å². The lowest BCUT2D eigenvalue weighted by Crippen LogP contribution is -2.56. The number of halogens is 2. The Bertz CT molecular complexity index is 691. The van der Waals surface area contributed by atoms with E-state index in [-0.39, 0.29) is 17.4 Å². The van der Waals surface area contributed by atoms with Gasteiger partial charge in [0.25, 0.3) is 0 Å². The first kappa shape index (κ1) is 17.0. The SMILES string of the molecule is C[C@@H](NC(=O)CC12C[C@H]3C[C@@H](CC(O)(C3)C1)C2)c1ccc(F)c(F)c1. The summed E-state index contributed by atoms with van der Waals surface area (Å²) in [6.45, 7) is 1.78. The molecule has 0 heterocycles. The maximum Gasteiger partial charge on any atom is 0.221 e. The number of aliphatic hydroxyl groups is 1. The van der Waals surface area contributed by atoms with Crippen LogP contribution in [-0.2, 0) is 4.79 Å². The van der Waals surface area contributed by atoms with E-state index in [1.165, 1.54) is 12.5 Å². The fourth-order valence-corrected chi connectivity index (χ4v) is 6.11. The number of rotatable bonds is 4. The smallest absolute Gasteiger partial charge is 0.221 e. The van der Waals surface area contributed by atoms with Gasteiger partial charge in [-0.2, -0.15) is 0 Å². The van der Waals surface area contributed by atoms with Gasteiger partial charge in [0.05, 0.1) is 11.6 Å². The zero-order valence-corrected chi connectivity index (χ0v) is 14.5. The average Bonchev–Trinajstić information content (AvgIpc) is 2.46. The molecule has 0 aromatic heterocycles. The molecule has 0 aliphatic heterocycles. The van der Waals surface area contributed by atoms with Crippen molar-refractivity contribution < 1.29 is 18.7 Å². The first-order valence-corrected chi connectivity index (χ1v) is 9.23. The second kappa shape index (κ2) is 5.76. The van der Waals surface area contributed by atoms with Gasteiger partial charge >= 0.3 is 0 Å². The molecule has 0 unspecified atom stereocenters. The summed E-state index contributed by atoms with van der Waals surface area (Å²) in [7, 11) is 0. The molecule has 4 bridgehead atoms. The number of carbonyl (C=O) groups excluding carboxylic acids is 1. The maximum absolute atomic E-state index is 13.4. The number of hydrogen-bond donors (Lipinski definition) is 2. The number of amides is 1. The van der Waals surface area contributed by atoms with Gasteiger partial charge in [-0.15, -0.1) is 0 Å². The van der Waals surface area contributed by atoms with Crippen LogP contribution in [0.3, 0.4) is 0 Å². The summed E-state index contributed by atoms with van der Waals surface area (Å²) in [6.07, 6.45) is 6.15. The van der Waals surface area contributed by atoms with Gasteiger partial charge in [-0.3, -0.25) is 4.79 Å². The maximum atomic E-state index is 13.4. The molecule has 3 atom stereocenters. The van der Waals surface area contributed by atoms with Crippen molar-refractivity contribution in [2.24, 2.45) is 17.3 Å². The van der Waals surface area contributed by atoms with Crippen molar-refractivity contribution in [2.75, 3.05) is 0 Å². The molecule has 2 N–H and O–H groups in total. The third-order valence-electron chi connectivity index (χ3n) is 6.51. The Morgan fingerprint density at radius 3 is 2.52 bits per heavy atom. The van der Waals surface area contributed by atoms with E-state index in [0.29, 0.717) is 23.8 Å². The molecule has 25 heavy (non-hydrogen) atoms. The summed E-state index contributed by atoms with van der Waals surface area (Å²) in [6, 6.07) is 3.34. The minimum absolute atomic E-state index is 0.0669. The highest BCUT2D eigenvalue weighted by Crippen LogP contribution is 2.62. The van der Waals surface area contributed by atoms with E-state index in [2.05, 4.69) is 5.32 Å². The number of benzene rings is 1. The zero-order valence-electron chi connectivity index (χ0n) is 14.5. The van der Waals surface area contributed by atoms with Crippen molar-refractivity contribution in [3.05, 3.63) is 35.4 Å². The predicted octanol–water partition coefficient (Wildman–Crippen LogP) is 3.86. The van der Waals surface area contributed by atoms with Crippen LogP contribution in [-0.4, -0.2) is 16.6 Å². The van der Waals surface area contributed by atoms with Crippen molar-refractivity contribution >= 4 is 5.91 Å². The molecule has 5 rings (SSSR count). The Morgan fingerprint density at radius 2 is 1.92 bits per heavy atom. The molecule has 1 aromatic rings.